The van der Waals surface area contributed by atoms with Crippen LogP contribution < -0.4 is 5.73 Å². The summed E-state index contributed by atoms with van der Waals surface area (Å²) in [5, 5.41) is 24.7. The van der Waals surface area contributed by atoms with Crippen LogP contribution in [0.25, 0.3) is 0 Å². The molecule has 8 heteroatoms. The quantitative estimate of drug-likeness (QED) is 0.242. The Kier molecular flexibility index (Phi) is 4.53. The Hall–Kier alpha value is -1.67. The number of carbonyl (C=O) groups excluding carboxylic acids is 1. The average Bonchev–Trinajstić information content (AvgIpc) is 2.11. The van der Waals surface area contributed by atoms with Gasteiger partial charge >= 0.3 is 17.9 Å². The lowest BCUT2D eigenvalue weighted by molar-refractivity contribution is -0.236. The van der Waals surface area contributed by atoms with E-state index >= 15 is 0 Å². The van der Waals surface area contributed by atoms with Gasteiger partial charge in [-0.25, -0.2) is 4.79 Å². The first-order chi connectivity index (χ1) is 6.40. The van der Waals surface area contributed by atoms with E-state index < -0.39 is 36.3 Å². The van der Waals surface area contributed by atoms with Crippen molar-refractivity contribution in [2.45, 2.75) is 12.5 Å². The highest BCUT2D eigenvalue weighted by Crippen LogP contribution is 2.07. The zero-order valence-corrected chi connectivity index (χ0v) is 6.91. The molecule has 0 aliphatic heterocycles. The van der Waals surface area contributed by atoms with Gasteiger partial charge in [0.2, 0.25) is 0 Å². The summed E-state index contributed by atoms with van der Waals surface area (Å²) in [7, 11) is 0. The van der Waals surface area contributed by atoms with Gasteiger partial charge < -0.3 is 15.9 Å². The smallest absolute Gasteiger partial charge is 0.358 e. The van der Waals surface area contributed by atoms with Crippen LogP contribution in [0.15, 0.2) is 0 Å². The molecular formula is C6H9NO7. The fourth-order valence-electron chi connectivity index (χ4n) is 0.725. The maximum Gasteiger partial charge on any atom is 0.358 e. The molecule has 0 amide bonds. The fourth-order valence-corrected chi connectivity index (χ4v) is 0.725. The number of carbonyl (C=O) groups is 3. The highest BCUT2D eigenvalue weighted by molar-refractivity contribution is 5.93. The molecule has 5 N–H and O–H groups in total. The Balaban J connectivity index is 4.38. The molecule has 0 spiro atoms. The highest BCUT2D eigenvalue weighted by atomic mass is 17.1. The van der Waals surface area contributed by atoms with Crippen molar-refractivity contribution in [1.29, 1.82) is 0 Å². The molecule has 80 valence electrons. The third-order valence-electron chi connectivity index (χ3n) is 1.48. The number of aliphatic carboxylic acids is 2. The van der Waals surface area contributed by atoms with Crippen LogP contribution in [0.5, 0.6) is 0 Å². The van der Waals surface area contributed by atoms with Crippen LogP contribution in [0.1, 0.15) is 6.42 Å². The molecule has 0 aromatic rings. The van der Waals surface area contributed by atoms with E-state index in [0.717, 1.165) is 0 Å². The van der Waals surface area contributed by atoms with Gasteiger partial charge in [0, 0.05) is 0 Å². The van der Waals surface area contributed by atoms with Crippen molar-refractivity contribution in [3.8, 4) is 0 Å². The molecule has 0 aliphatic rings. The molecule has 0 rings (SSSR count). The Morgan fingerprint density at radius 1 is 1.21 bits per heavy atom. The highest BCUT2D eigenvalue weighted by Gasteiger charge is 2.31. The van der Waals surface area contributed by atoms with Gasteiger partial charge in [-0.3, -0.25) is 14.5 Å². The zero-order chi connectivity index (χ0) is 11.3. The van der Waals surface area contributed by atoms with Crippen LogP contribution in [-0.4, -0.2) is 39.4 Å². The van der Waals surface area contributed by atoms with Crippen molar-refractivity contribution in [3.05, 3.63) is 0 Å². The minimum atomic E-state index is -1.80. The summed E-state index contributed by atoms with van der Waals surface area (Å²) < 4.78 is 0. The van der Waals surface area contributed by atoms with Crippen LogP contribution in [0.4, 0.5) is 0 Å². The molecule has 1 atom stereocenters. The van der Waals surface area contributed by atoms with E-state index in [0.29, 0.717) is 0 Å². The molecule has 8 nitrogen and oxygen atoms in total. The first-order valence-corrected chi connectivity index (χ1v) is 3.46. The van der Waals surface area contributed by atoms with Gasteiger partial charge in [0.1, 0.15) is 6.04 Å². The lowest BCUT2D eigenvalue weighted by atomic mass is 10.0. The Morgan fingerprint density at radius 2 is 1.64 bits per heavy atom. The molecule has 0 aromatic heterocycles. The Labute approximate surface area is 77.8 Å². The molecular weight excluding hydrogens is 198 g/mol. The van der Waals surface area contributed by atoms with Crippen molar-refractivity contribution >= 4 is 17.9 Å². The topological polar surface area (TPSA) is 147 Å². The summed E-state index contributed by atoms with van der Waals surface area (Å²) in [5.74, 6) is -6.31. The predicted octanol–water partition coefficient (Wildman–Crippen LogP) is -1.49. The largest absolute Gasteiger partial charge is 0.481 e. The molecule has 0 heterocycles. The second kappa shape index (κ2) is 5.14. The van der Waals surface area contributed by atoms with Crippen molar-refractivity contribution < 1.29 is 34.7 Å². The number of hydrogen-bond acceptors (Lipinski definition) is 6. The molecule has 0 unspecified atom stereocenters. The average molecular weight is 207 g/mol. The predicted molar refractivity (Wildman–Crippen MR) is 40.1 cm³/mol. The summed E-state index contributed by atoms with van der Waals surface area (Å²) in [6.07, 6.45) is -0.649. The van der Waals surface area contributed by atoms with Crippen LogP contribution in [0.3, 0.4) is 0 Å². The van der Waals surface area contributed by atoms with E-state index in [4.69, 9.17) is 21.2 Å². The number of nitrogens with two attached hydrogens (primary N) is 1. The maximum absolute atomic E-state index is 10.5. The number of carboxylic acids is 2. The maximum atomic E-state index is 10.5. The van der Waals surface area contributed by atoms with E-state index in [9.17, 15) is 14.4 Å². The third-order valence-corrected chi connectivity index (χ3v) is 1.48. The van der Waals surface area contributed by atoms with E-state index in [1.807, 2.05) is 0 Å². The van der Waals surface area contributed by atoms with Gasteiger partial charge in [-0.1, -0.05) is 0 Å². The van der Waals surface area contributed by atoms with Gasteiger partial charge in [-0.2, -0.15) is 5.26 Å². The molecule has 0 aliphatic carbocycles. The standard InChI is InChI=1S/C6H9NO7/c7-3(6(12)14-13)1-2(4(8)9)5(10)11/h2-3,13H,1,7H2,(H,8,9)(H,10,11)/t3-/m0/s1. The second-order valence-electron chi connectivity index (χ2n) is 2.48. The first-order valence-electron chi connectivity index (χ1n) is 3.46. The molecule has 0 radical (unpaired) electrons. The number of rotatable bonds is 5. The lowest BCUT2D eigenvalue weighted by Gasteiger charge is -2.10. The zero-order valence-electron chi connectivity index (χ0n) is 6.91. The monoisotopic (exact) mass is 207 g/mol. The van der Waals surface area contributed by atoms with Crippen molar-refractivity contribution in [3.63, 3.8) is 0 Å². The van der Waals surface area contributed by atoms with E-state index in [2.05, 4.69) is 4.89 Å². The number of carboxylic acid groups (broad SMARTS) is 2. The molecule has 0 aromatic carbocycles. The Bertz CT molecular complexity index is 237. The molecule has 0 bridgehead atoms. The van der Waals surface area contributed by atoms with Gasteiger partial charge in [-0.15, -0.1) is 0 Å². The van der Waals surface area contributed by atoms with Gasteiger partial charge in [-0.05, 0) is 6.42 Å². The van der Waals surface area contributed by atoms with Gasteiger partial charge in [0.05, 0.1) is 0 Å². The minimum absolute atomic E-state index is 0.649. The van der Waals surface area contributed by atoms with Crippen molar-refractivity contribution in [2.24, 2.45) is 11.7 Å². The fraction of sp³-hybridized carbons (Fsp3) is 0.500. The second-order valence-corrected chi connectivity index (χ2v) is 2.48. The van der Waals surface area contributed by atoms with Gasteiger partial charge in [0.15, 0.2) is 5.92 Å². The Morgan fingerprint density at radius 3 is 1.93 bits per heavy atom. The summed E-state index contributed by atoms with van der Waals surface area (Å²) >= 11 is 0. The van der Waals surface area contributed by atoms with Crippen LogP contribution in [0, 0.1) is 5.92 Å². The minimum Gasteiger partial charge on any atom is -0.481 e. The van der Waals surface area contributed by atoms with Gasteiger partial charge in [0.25, 0.3) is 0 Å². The molecule has 14 heavy (non-hydrogen) atoms. The molecule has 0 saturated carbocycles. The normalized spacial score (nSPS) is 12.2. The SMILES string of the molecule is N[C@@H](CC(C(=O)O)C(=O)O)C(=O)OO. The summed E-state index contributed by atoms with van der Waals surface area (Å²) in [6, 6.07) is -1.49. The molecule has 0 saturated heterocycles. The van der Waals surface area contributed by atoms with E-state index in [1.165, 1.54) is 0 Å². The summed E-state index contributed by atoms with van der Waals surface area (Å²) in [6.45, 7) is 0. The first kappa shape index (κ1) is 12.3. The summed E-state index contributed by atoms with van der Waals surface area (Å²) in [4.78, 5) is 34.4. The van der Waals surface area contributed by atoms with Crippen LogP contribution in [0.2, 0.25) is 0 Å². The molecule has 0 fully saturated rings. The van der Waals surface area contributed by atoms with E-state index in [1.54, 1.807) is 0 Å². The van der Waals surface area contributed by atoms with E-state index in [-0.39, 0.29) is 0 Å². The van der Waals surface area contributed by atoms with Crippen LogP contribution >= 0.6 is 0 Å². The number of hydrogen-bond donors (Lipinski definition) is 4. The summed E-state index contributed by atoms with van der Waals surface area (Å²) in [5.41, 5.74) is 5.04. The van der Waals surface area contributed by atoms with Crippen LogP contribution in [-0.2, 0) is 19.3 Å². The van der Waals surface area contributed by atoms with Crippen molar-refractivity contribution in [1.82, 2.24) is 0 Å². The van der Waals surface area contributed by atoms with Crippen molar-refractivity contribution in [2.75, 3.05) is 0 Å². The third kappa shape index (κ3) is 3.37. The lowest BCUT2D eigenvalue weighted by Crippen LogP contribution is -2.38.